The number of aliphatic carboxylic acids is 1. The van der Waals surface area contributed by atoms with Gasteiger partial charge in [0.25, 0.3) is 10.0 Å². The molecule has 0 amide bonds. The molecule has 1 unspecified atom stereocenters. The molecule has 40 heavy (non-hydrogen) atoms. The Morgan fingerprint density at radius 2 is 1.75 bits per heavy atom. The van der Waals surface area contributed by atoms with Crippen LogP contribution < -0.4 is 14.2 Å². The summed E-state index contributed by atoms with van der Waals surface area (Å²) in [5, 5.41) is 9.10. The average Bonchev–Trinajstić information content (AvgIpc) is 3.28. The third-order valence-electron chi connectivity index (χ3n) is 7.43. The molecule has 0 aromatic heterocycles. The quantitative estimate of drug-likeness (QED) is 0.296. The van der Waals surface area contributed by atoms with Crippen molar-refractivity contribution in [3.05, 3.63) is 76.9 Å². The Bertz CT molecular complexity index is 1470. The first-order chi connectivity index (χ1) is 18.9. The van der Waals surface area contributed by atoms with Crippen LogP contribution in [0.1, 0.15) is 41.5 Å². The number of likely N-dealkylation sites (N-methyl/N-ethyl adjacent to an activating group) is 1. The van der Waals surface area contributed by atoms with E-state index in [-0.39, 0.29) is 22.0 Å². The number of sulfonamides is 1. The third kappa shape index (κ3) is 6.59. The lowest BCUT2D eigenvalue weighted by molar-refractivity contribution is -0.762. The number of hydrogen-bond donors (Lipinski definition) is 1. The number of nitrogens with zero attached hydrogens (tertiary/aromatic N) is 1. The summed E-state index contributed by atoms with van der Waals surface area (Å²) in [5.41, 5.74) is 6.24. The Kier molecular flexibility index (Phi) is 8.75. The highest BCUT2D eigenvalue weighted by molar-refractivity contribution is 7.85. The number of carboxylic acids is 1. The summed E-state index contributed by atoms with van der Waals surface area (Å²) in [6.07, 6.45) is 0.0483. The first-order valence-corrected chi connectivity index (χ1v) is 15.0. The summed E-state index contributed by atoms with van der Waals surface area (Å²) in [7, 11) is 0.152. The molecule has 1 aliphatic rings. The lowest BCUT2D eigenvalue weighted by Gasteiger charge is -2.27. The van der Waals surface area contributed by atoms with Crippen LogP contribution in [0.2, 0.25) is 0 Å². The molecule has 3 aromatic carbocycles. The zero-order chi connectivity index (χ0) is 29.1. The van der Waals surface area contributed by atoms with Crippen molar-refractivity contribution >= 4 is 16.0 Å². The molecule has 0 bridgehead atoms. The highest BCUT2D eigenvalue weighted by Crippen LogP contribution is 2.38. The zero-order valence-electron chi connectivity index (χ0n) is 23.8. The van der Waals surface area contributed by atoms with E-state index in [1.807, 2.05) is 56.3 Å². The molecule has 0 fully saturated rings. The molecule has 0 saturated heterocycles. The molecule has 0 radical (unpaired) electrons. The van der Waals surface area contributed by atoms with Crippen LogP contribution in [0, 0.1) is 13.8 Å². The minimum Gasteiger partial charge on any atom is -0.492 e. The smallest absolute Gasteiger partial charge is 0.304 e. The largest absolute Gasteiger partial charge is 0.492 e. The summed E-state index contributed by atoms with van der Waals surface area (Å²) in [5.74, 6) is 1.19. The second-order valence-electron chi connectivity index (χ2n) is 10.7. The monoisotopic (exact) mass is 568 g/mol. The Morgan fingerprint density at radius 1 is 1.02 bits per heavy atom. The van der Waals surface area contributed by atoms with Crippen molar-refractivity contribution in [3.8, 4) is 28.4 Å². The average molecular weight is 569 g/mol. The second kappa shape index (κ2) is 11.9. The van der Waals surface area contributed by atoms with Crippen LogP contribution in [0.4, 0.5) is 0 Å². The van der Waals surface area contributed by atoms with E-state index in [9.17, 15) is 13.2 Å². The van der Waals surface area contributed by atoms with Gasteiger partial charge in [0.1, 0.15) is 37.0 Å². The van der Waals surface area contributed by atoms with E-state index in [0.717, 1.165) is 39.1 Å². The topological polar surface area (TPSA) is 99.1 Å². The molecule has 1 N–H and O–H groups in total. The maximum atomic E-state index is 12.3. The molecular weight excluding hydrogens is 530 g/mol. The van der Waals surface area contributed by atoms with Crippen molar-refractivity contribution in [3.63, 3.8) is 0 Å². The minimum atomic E-state index is -3.23. The fraction of sp³-hybridized carbons (Fsp3) is 0.387. The number of aryl methyl sites for hydroxylation is 2. The number of ether oxygens (including phenoxy) is 3. The van der Waals surface area contributed by atoms with Crippen LogP contribution in [0.15, 0.2) is 54.6 Å². The molecule has 1 aliphatic heterocycles. The van der Waals surface area contributed by atoms with Gasteiger partial charge in [0.15, 0.2) is 0 Å². The van der Waals surface area contributed by atoms with Crippen molar-refractivity contribution in [2.24, 2.45) is 0 Å². The summed E-state index contributed by atoms with van der Waals surface area (Å²) in [6, 6.07) is 17.8. The number of carboxylic acid groups (broad SMARTS) is 1. The second-order valence-corrected chi connectivity index (χ2v) is 13.5. The maximum Gasteiger partial charge on any atom is 0.304 e. The fourth-order valence-corrected chi connectivity index (χ4v) is 6.10. The number of rotatable bonds is 12. The van der Waals surface area contributed by atoms with E-state index in [0.29, 0.717) is 37.9 Å². The van der Waals surface area contributed by atoms with E-state index < -0.39 is 16.0 Å². The predicted octanol–water partition coefficient (Wildman–Crippen LogP) is 5.31. The maximum absolute atomic E-state index is 12.3. The Morgan fingerprint density at radius 3 is 2.42 bits per heavy atom. The number of hydrogen-bond acceptors (Lipinski definition) is 6. The van der Waals surface area contributed by atoms with Crippen molar-refractivity contribution in [2.45, 2.75) is 39.7 Å². The Hall–Kier alpha value is -3.56. The fourth-order valence-electron chi connectivity index (χ4n) is 5.04. The van der Waals surface area contributed by atoms with Crippen LogP contribution in [0.25, 0.3) is 11.1 Å². The van der Waals surface area contributed by atoms with Crippen LogP contribution in [-0.2, 0) is 21.4 Å². The number of fused-ring (bicyclic) bond motifs is 1. The predicted molar refractivity (Wildman–Crippen MR) is 155 cm³/mol. The van der Waals surface area contributed by atoms with Crippen molar-refractivity contribution in [1.82, 2.24) is 0 Å². The van der Waals surface area contributed by atoms with Crippen LogP contribution >= 0.6 is 0 Å². The molecule has 214 valence electrons. The van der Waals surface area contributed by atoms with Gasteiger partial charge in [0.2, 0.25) is 0 Å². The number of benzene rings is 3. The molecule has 1 atom stereocenters. The summed E-state index contributed by atoms with van der Waals surface area (Å²) in [6.45, 7) is 7.14. The molecule has 3 aromatic rings. The molecule has 9 heteroatoms. The molecule has 0 aliphatic carbocycles. The van der Waals surface area contributed by atoms with E-state index in [4.69, 9.17) is 19.3 Å². The van der Waals surface area contributed by atoms with Gasteiger partial charge in [0, 0.05) is 17.5 Å². The van der Waals surface area contributed by atoms with Crippen LogP contribution in [0.3, 0.4) is 0 Å². The molecular formula is C31H38NO7S+. The van der Waals surface area contributed by atoms with Crippen molar-refractivity contribution < 1.29 is 36.4 Å². The summed E-state index contributed by atoms with van der Waals surface area (Å²) < 4.78 is 42.2. The molecule has 0 saturated carbocycles. The van der Waals surface area contributed by atoms with Crippen molar-refractivity contribution in [2.75, 3.05) is 39.6 Å². The van der Waals surface area contributed by atoms with Crippen LogP contribution in [0.5, 0.6) is 17.2 Å². The number of quaternary nitrogens is 1. The van der Waals surface area contributed by atoms with Gasteiger partial charge in [0.05, 0.1) is 32.9 Å². The normalized spacial score (nSPS) is 14.9. The third-order valence-corrected chi connectivity index (χ3v) is 9.85. The molecule has 8 nitrogen and oxygen atoms in total. The number of carbonyl (C=O) groups is 1. The van der Waals surface area contributed by atoms with Gasteiger partial charge in [-0.05, 0) is 72.9 Å². The lowest BCUT2D eigenvalue weighted by atomic mass is 9.94. The Balaban J connectivity index is 1.42. The van der Waals surface area contributed by atoms with E-state index in [1.54, 1.807) is 21.0 Å². The highest BCUT2D eigenvalue weighted by Gasteiger charge is 2.30. The van der Waals surface area contributed by atoms with Gasteiger partial charge in [-0.1, -0.05) is 24.3 Å². The SMILES string of the molecule is CCS(=O)(=O)[N+](C)(C)CCOc1cc(C)c(-c2cccc(COc3ccc4c(c3)OCC4CC(=O)O)c2)c(C)c1. The van der Waals surface area contributed by atoms with Crippen LogP contribution in [-0.4, -0.2) is 63.0 Å². The molecule has 1 heterocycles. The van der Waals surface area contributed by atoms with Gasteiger partial charge in [-0.3, -0.25) is 4.79 Å². The van der Waals surface area contributed by atoms with Gasteiger partial charge in [-0.2, -0.15) is 8.42 Å². The van der Waals surface area contributed by atoms with Gasteiger partial charge < -0.3 is 19.3 Å². The van der Waals surface area contributed by atoms with Crippen molar-refractivity contribution in [1.29, 1.82) is 0 Å². The minimum absolute atomic E-state index is 0.0483. The van der Waals surface area contributed by atoms with Gasteiger partial charge in [-0.15, -0.1) is 0 Å². The van der Waals surface area contributed by atoms with E-state index >= 15 is 0 Å². The van der Waals surface area contributed by atoms with Gasteiger partial charge in [-0.25, -0.2) is 3.89 Å². The summed E-state index contributed by atoms with van der Waals surface area (Å²) in [4.78, 5) is 11.1. The lowest BCUT2D eigenvalue weighted by Crippen LogP contribution is -2.48. The van der Waals surface area contributed by atoms with E-state index in [2.05, 4.69) is 12.1 Å². The van der Waals surface area contributed by atoms with Gasteiger partial charge >= 0.3 is 5.97 Å². The first kappa shape index (κ1) is 29.4. The molecule has 4 rings (SSSR count). The molecule has 0 spiro atoms. The zero-order valence-corrected chi connectivity index (χ0v) is 24.6. The first-order valence-electron chi connectivity index (χ1n) is 13.4. The highest BCUT2D eigenvalue weighted by atomic mass is 32.2. The summed E-state index contributed by atoms with van der Waals surface area (Å²) >= 11 is 0. The standard InChI is InChI=1S/C31H37NO7S/c1-6-40(35,36)32(4,5)12-13-37-27-14-21(2)31(22(3)15-27)24-9-7-8-23(16-24)19-38-26-10-11-28-25(17-30(33)34)20-39-29(28)18-26/h7-11,14-16,18,25H,6,12-13,17,19-20H2,1-5H3/p+1. The Labute approximate surface area is 236 Å². The van der Waals surface area contributed by atoms with E-state index in [1.165, 1.54) is 0 Å².